The number of carbonyl (C=O) groups is 2. The minimum Gasteiger partial charge on any atom is -0.410 e. The van der Waals surface area contributed by atoms with Crippen molar-refractivity contribution in [1.29, 1.82) is 0 Å². The first-order chi connectivity index (χ1) is 8.56. The summed E-state index contributed by atoms with van der Waals surface area (Å²) in [6.07, 6.45) is 2.95. The molecule has 0 aliphatic carbocycles. The zero-order chi connectivity index (χ0) is 13.5. The van der Waals surface area contributed by atoms with E-state index in [1.807, 2.05) is 0 Å². The molecule has 0 spiro atoms. The van der Waals surface area contributed by atoms with E-state index in [0.29, 0.717) is 5.56 Å². The van der Waals surface area contributed by atoms with Gasteiger partial charge in [-0.15, -0.1) is 0 Å². The van der Waals surface area contributed by atoms with Crippen molar-refractivity contribution in [3.05, 3.63) is 30.1 Å². The molecule has 0 bridgehead atoms. The molecule has 7 heteroatoms. The quantitative estimate of drug-likeness (QED) is 0.462. The number of nitrogens with zero attached hydrogens (tertiary/aromatic N) is 3. The molecule has 1 aromatic rings. The first kappa shape index (κ1) is 13.5. The van der Waals surface area contributed by atoms with Crippen LogP contribution in [0.1, 0.15) is 24.2 Å². The van der Waals surface area contributed by atoms with Gasteiger partial charge in [0, 0.05) is 24.9 Å². The van der Waals surface area contributed by atoms with Crippen molar-refractivity contribution >= 4 is 23.1 Å². The lowest BCUT2D eigenvalue weighted by molar-refractivity contribution is -0.111. The van der Waals surface area contributed by atoms with Gasteiger partial charge in [0.15, 0.2) is 11.5 Å². The molecule has 0 saturated heterocycles. The van der Waals surface area contributed by atoms with Gasteiger partial charge < -0.3 is 5.21 Å². The number of nitrogens with one attached hydrogen (secondary N) is 1. The number of pyridine rings is 1. The zero-order valence-corrected chi connectivity index (χ0v) is 9.91. The molecular formula is C11H12N4O3. The molecule has 0 unspecified atom stereocenters. The van der Waals surface area contributed by atoms with E-state index in [0.717, 1.165) is 0 Å². The highest BCUT2D eigenvalue weighted by Crippen LogP contribution is 1.95. The summed E-state index contributed by atoms with van der Waals surface area (Å²) in [5, 5.41) is 15.1. The Kier molecular flexibility index (Phi) is 4.67. The minimum atomic E-state index is -0.447. The highest BCUT2D eigenvalue weighted by Gasteiger charge is 2.11. The highest BCUT2D eigenvalue weighted by molar-refractivity contribution is 6.66. The Balaban J connectivity index is 2.76. The van der Waals surface area contributed by atoms with Crippen molar-refractivity contribution in [3.63, 3.8) is 0 Å². The van der Waals surface area contributed by atoms with Gasteiger partial charge in [-0.3, -0.25) is 14.6 Å². The topological polar surface area (TPSA) is 104 Å². The van der Waals surface area contributed by atoms with Crippen LogP contribution in [0.4, 0.5) is 0 Å². The normalized spacial score (nSPS) is 12.1. The third kappa shape index (κ3) is 3.48. The summed E-state index contributed by atoms with van der Waals surface area (Å²) in [4.78, 5) is 26.4. The Labute approximate surface area is 103 Å². The lowest BCUT2D eigenvalue weighted by Crippen LogP contribution is -2.25. The van der Waals surface area contributed by atoms with E-state index in [-0.39, 0.29) is 11.4 Å². The van der Waals surface area contributed by atoms with Crippen molar-refractivity contribution in [1.82, 2.24) is 10.4 Å². The molecule has 0 saturated carbocycles. The van der Waals surface area contributed by atoms with E-state index < -0.39 is 11.7 Å². The van der Waals surface area contributed by atoms with E-state index in [1.165, 1.54) is 38.4 Å². The van der Waals surface area contributed by atoms with Crippen molar-refractivity contribution in [2.45, 2.75) is 13.8 Å². The van der Waals surface area contributed by atoms with Crippen molar-refractivity contribution in [2.75, 3.05) is 0 Å². The highest BCUT2D eigenvalue weighted by atomic mass is 16.4. The Morgan fingerprint density at radius 2 is 1.89 bits per heavy atom. The average molecular weight is 248 g/mol. The van der Waals surface area contributed by atoms with Gasteiger partial charge in [-0.1, -0.05) is 5.16 Å². The molecule has 18 heavy (non-hydrogen) atoms. The molecule has 7 nitrogen and oxygen atoms in total. The summed E-state index contributed by atoms with van der Waals surface area (Å²) < 4.78 is 0. The van der Waals surface area contributed by atoms with Crippen LogP contribution in [0.15, 0.2) is 34.8 Å². The predicted molar refractivity (Wildman–Crippen MR) is 64.7 cm³/mol. The van der Waals surface area contributed by atoms with E-state index in [1.54, 1.807) is 0 Å². The summed E-state index contributed by atoms with van der Waals surface area (Å²) in [7, 11) is 0. The molecule has 2 N–H and O–H groups in total. The van der Waals surface area contributed by atoms with Gasteiger partial charge in [-0.05, 0) is 19.1 Å². The second-order valence-corrected chi connectivity index (χ2v) is 3.38. The zero-order valence-electron chi connectivity index (χ0n) is 9.91. The molecule has 0 aliphatic heterocycles. The maximum atomic E-state index is 11.6. The summed E-state index contributed by atoms with van der Waals surface area (Å²) >= 11 is 0. The van der Waals surface area contributed by atoms with Crippen LogP contribution in [0.3, 0.4) is 0 Å². The molecule has 0 atom stereocenters. The molecule has 0 radical (unpaired) electrons. The second kappa shape index (κ2) is 6.24. The first-order valence-electron chi connectivity index (χ1n) is 5.04. The van der Waals surface area contributed by atoms with Crippen LogP contribution in [0.2, 0.25) is 0 Å². The molecule has 0 fully saturated rings. The SMILES string of the molecule is CC(=O)C(=N/O)/C(C)=N/NC(=O)c1ccncc1. The Bertz CT molecular complexity index is 508. The molecule has 1 amide bonds. The number of hydrazone groups is 1. The maximum Gasteiger partial charge on any atom is 0.271 e. The van der Waals surface area contributed by atoms with E-state index in [9.17, 15) is 9.59 Å². The van der Waals surface area contributed by atoms with Gasteiger partial charge in [-0.2, -0.15) is 5.10 Å². The minimum absolute atomic E-state index is 0.118. The van der Waals surface area contributed by atoms with Crippen LogP contribution in [0, 0.1) is 0 Å². The molecule has 1 heterocycles. The summed E-state index contributed by atoms with van der Waals surface area (Å²) in [5.74, 6) is -0.894. The molecular weight excluding hydrogens is 236 g/mol. The third-order valence-corrected chi connectivity index (χ3v) is 2.04. The number of hydrogen-bond acceptors (Lipinski definition) is 6. The number of oxime groups is 1. The summed E-state index contributed by atoms with van der Waals surface area (Å²) in [6, 6.07) is 3.04. The third-order valence-electron chi connectivity index (χ3n) is 2.04. The van der Waals surface area contributed by atoms with Crippen LogP contribution in [0.5, 0.6) is 0 Å². The van der Waals surface area contributed by atoms with E-state index in [4.69, 9.17) is 5.21 Å². The Morgan fingerprint density at radius 1 is 1.28 bits per heavy atom. The summed E-state index contributed by atoms with van der Waals surface area (Å²) in [6.45, 7) is 2.68. The fourth-order valence-corrected chi connectivity index (χ4v) is 1.15. The number of aromatic nitrogens is 1. The smallest absolute Gasteiger partial charge is 0.271 e. The van der Waals surface area contributed by atoms with E-state index >= 15 is 0 Å². The molecule has 1 aromatic heterocycles. The molecule has 1 rings (SSSR count). The van der Waals surface area contributed by atoms with Crippen LogP contribution >= 0.6 is 0 Å². The van der Waals surface area contributed by atoms with E-state index in [2.05, 4.69) is 20.7 Å². The molecule has 94 valence electrons. The molecule has 0 aromatic carbocycles. The predicted octanol–water partition coefficient (Wildman–Crippen LogP) is 0.606. The average Bonchev–Trinajstić information content (AvgIpc) is 2.37. The Hall–Kier alpha value is -2.57. The van der Waals surface area contributed by atoms with Crippen molar-refractivity contribution < 1.29 is 14.8 Å². The van der Waals surface area contributed by atoms with Gasteiger partial charge in [0.2, 0.25) is 0 Å². The lowest BCUT2D eigenvalue weighted by Gasteiger charge is -2.02. The summed E-state index contributed by atoms with van der Waals surface area (Å²) in [5.41, 5.74) is 2.54. The number of amides is 1. The van der Waals surface area contributed by atoms with Crippen LogP contribution in [-0.4, -0.2) is 33.3 Å². The monoisotopic (exact) mass is 248 g/mol. The van der Waals surface area contributed by atoms with Crippen molar-refractivity contribution in [3.8, 4) is 0 Å². The van der Waals surface area contributed by atoms with Gasteiger partial charge in [0.05, 0.1) is 5.71 Å². The second-order valence-electron chi connectivity index (χ2n) is 3.38. The number of carbonyl (C=O) groups excluding carboxylic acids is 2. The first-order valence-corrected chi connectivity index (χ1v) is 5.04. The number of hydrogen-bond donors (Lipinski definition) is 2. The molecule has 0 aliphatic rings. The van der Waals surface area contributed by atoms with Gasteiger partial charge in [0.1, 0.15) is 0 Å². The maximum absolute atomic E-state index is 11.6. The van der Waals surface area contributed by atoms with Crippen LogP contribution in [0.25, 0.3) is 0 Å². The van der Waals surface area contributed by atoms with Gasteiger partial charge >= 0.3 is 0 Å². The standard InChI is InChI=1S/C11H12N4O3/c1-7(10(15-18)8(2)16)13-14-11(17)9-3-5-12-6-4-9/h3-6,18H,1-2H3,(H,14,17)/b13-7+,15-10+. The van der Waals surface area contributed by atoms with Crippen LogP contribution in [-0.2, 0) is 4.79 Å². The lowest BCUT2D eigenvalue weighted by atomic mass is 10.2. The van der Waals surface area contributed by atoms with Crippen molar-refractivity contribution in [2.24, 2.45) is 10.3 Å². The fourth-order valence-electron chi connectivity index (χ4n) is 1.15. The number of rotatable bonds is 4. The Morgan fingerprint density at radius 3 is 2.39 bits per heavy atom. The van der Waals surface area contributed by atoms with Gasteiger partial charge in [-0.25, -0.2) is 5.43 Å². The van der Waals surface area contributed by atoms with Crippen LogP contribution < -0.4 is 5.43 Å². The largest absolute Gasteiger partial charge is 0.410 e. The van der Waals surface area contributed by atoms with Gasteiger partial charge in [0.25, 0.3) is 5.91 Å². The number of ketones is 1. The fraction of sp³-hybridized carbons (Fsp3) is 0.182. The number of Topliss-reactive ketones (excluding diaryl/α,β-unsaturated/α-hetero) is 1.